The van der Waals surface area contributed by atoms with E-state index in [9.17, 15) is 0 Å². The summed E-state index contributed by atoms with van der Waals surface area (Å²) in [7, 11) is 6.02. The van der Waals surface area contributed by atoms with Crippen LogP contribution in [0.15, 0.2) is 55.6 Å². The number of fused-ring (bicyclic) bond motifs is 1. The van der Waals surface area contributed by atoms with Gasteiger partial charge in [0.1, 0.15) is 11.6 Å². The number of hydrogen-bond donors (Lipinski definition) is 3. The lowest BCUT2D eigenvalue weighted by Gasteiger charge is -2.36. The predicted octanol–water partition coefficient (Wildman–Crippen LogP) is 2.70. The van der Waals surface area contributed by atoms with Gasteiger partial charge in [-0.05, 0) is 51.2 Å². The fourth-order valence-corrected chi connectivity index (χ4v) is 4.17. The molecule has 0 saturated carbocycles. The molecule has 34 heavy (non-hydrogen) atoms. The molecular formula is C25H33N9. The van der Waals surface area contributed by atoms with Gasteiger partial charge in [-0.3, -0.25) is 4.98 Å². The van der Waals surface area contributed by atoms with Crippen molar-refractivity contribution in [3.63, 3.8) is 0 Å². The molecule has 0 aromatic carbocycles. The van der Waals surface area contributed by atoms with Crippen LogP contribution in [0.5, 0.6) is 0 Å². The van der Waals surface area contributed by atoms with Gasteiger partial charge in [0.15, 0.2) is 0 Å². The monoisotopic (exact) mass is 459 g/mol. The summed E-state index contributed by atoms with van der Waals surface area (Å²) < 4.78 is 0. The Balaban J connectivity index is 1.49. The van der Waals surface area contributed by atoms with E-state index in [-0.39, 0.29) is 0 Å². The number of anilines is 2. The van der Waals surface area contributed by atoms with Crippen LogP contribution in [0, 0.1) is 0 Å². The molecule has 0 unspecified atom stereocenters. The quantitative estimate of drug-likeness (QED) is 0.362. The number of nitrogens with one attached hydrogen (secondary N) is 1. The Morgan fingerprint density at radius 2 is 1.85 bits per heavy atom. The molecule has 9 heteroatoms. The molecule has 0 atom stereocenters. The molecule has 4 rings (SSSR count). The highest BCUT2D eigenvalue weighted by molar-refractivity contribution is 5.85. The number of nitrogens with two attached hydrogens (primary N) is 2. The molecule has 1 fully saturated rings. The molecule has 0 radical (unpaired) electrons. The maximum Gasteiger partial charge on any atom is 0.131 e. The Kier molecular flexibility index (Phi) is 6.95. The summed E-state index contributed by atoms with van der Waals surface area (Å²) >= 11 is 0. The fourth-order valence-electron chi connectivity index (χ4n) is 4.17. The lowest BCUT2D eigenvalue weighted by atomic mass is 10.0. The molecule has 0 aliphatic carbocycles. The lowest BCUT2D eigenvalue weighted by Crippen LogP contribution is -2.42. The minimum atomic E-state index is 0.536. The smallest absolute Gasteiger partial charge is 0.131 e. The van der Waals surface area contributed by atoms with Crippen LogP contribution in [-0.4, -0.2) is 65.1 Å². The molecule has 3 aromatic rings. The molecule has 9 nitrogen and oxygen atoms in total. The second-order valence-corrected chi connectivity index (χ2v) is 8.92. The highest BCUT2D eigenvalue weighted by Gasteiger charge is 2.21. The third-order valence-electron chi connectivity index (χ3n) is 6.14. The zero-order valence-corrected chi connectivity index (χ0v) is 20.1. The highest BCUT2D eigenvalue weighted by Crippen LogP contribution is 2.25. The van der Waals surface area contributed by atoms with Gasteiger partial charge in [-0.2, -0.15) is 0 Å². The molecule has 0 bridgehead atoms. The zero-order chi connectivity index (χ0) is 24.2. The molecule has 1 aliphatic heterocycles. The maximum atomic E-state index is 6.12. The molecular weight excluding hydrogens is 426 g/mol. The topological polar surface area (TPSA) is 112 Å². The Hall–Kier alpha value is -3.69. The summed E-state index contributed by atoms with van der Waals surface area (Å²) in [5.74, 6) is 7.33. The molecule has 0 spiro atoms. The molecule has 178 valence electrons. The normalized spacial score (nSPS) is 15.1. The highest BCUT2D eigenvalue weighted by atomic mass is 15.4. The van der Waals surface area contributed by atoms with Crippen molar-refractivity contribution in [1.82, 2.24) is 24.9 Å². The minimum absolute atomic E-state index is 0.536. The fraction of sp³-hybridized carbons (Fsp3) is 0.320. The van der Waals surface area contributed by atoms with E-state index in [2.05, 4.69) is 56.8 Å². The van der Waals surface area contributed by atoms with E-state index < -0.39 is 0 Å². The summed E-state index contributed by atoms with van der Waals surface area (Å²) in [6.45, 7) is 6.23. The SMILES string of the molecule is C=C(Nc1cc2cc(/C(N)=C/N(C)N)cnc2cn1)c1ccnc(N2CCC(N(C)C)CC2)c1. The number of aromatic nitrogens is 3. The summed E-state index contributed by atoms with van der Waals surface area (Å²) in [4.78, 5) is 18.2. The number of nitrogens with zero attached hydrogens (tertiary/aromatic N) is 6. The van der Waals surface area contributed by atoms with Gasteiger partial charge in [0, 0.05) is 67.0 Å². The second-order valence-electron chi connectivity index (χ2n) is 8.92. The van der Waals surface area contributed by atoms with Crippen molar-refractivity contribution in [2.24, 2.45) is 11.6 Å². The first-order valence-corrected chi connectivity index (χ1v) is 11.3. The summed E-state index contributed by atoms with van der Waals surface area (Å²) in [6, 6.07) is 8.58. The van der Waals surface area contributed by atoms with Crippen LogP contribution in [0.3, 0.4) is 0 Å². The summed E-state index contributed by atoms with van der Waals surface area (Å²) in [5.41, 5.74) is 9.96. The Labute approximate surface area is 200 Å². The number of piperidine rings is 1. The van der Waals surface area contributed by atoms with E-state index >= 15 is 0 Å². The van der Waals surface area contributed by atoms with Gasteiger partial charge >= 0.3 is 0 Å². The first kappa shape index (κ1) is 23.5. The van der Waals surface area contributed by atoms with Crippen LogP contribution in [0.25, 0.3) is 22.3 Å². The number of rotatable bonds is 7. The molecule has 4 heterocycles. The van der Waals surface area contributed by atoms with Crippen LogP contribution in [-0.2, 0) is 0 Å². The van der Waals surface area contributed by atoms with Gasteiger partial charge in [-0.1, -0.05) is 6.58 Å². The summed E-state index contributed by atoms with van der Waals surface area (Å²) in [5, 5.41) is 5.65. The van der Waals surface area contributed by atoms with E-state index in [1.54, 1.807) is 25.6 Å². The Morgan fingerprint density at radius 3 is 2.56 bits per heavy atom. The van der Waals surface area contributed by atoms with E-state index in [0.29, 0.717) is 17.6 Å². The Morgan fingerprint density at radius 1 is 1.09 bits per heavy atom. The number of pyridine rings is 3. The van der Waals surface area contributed by atoms with E-state index in [1.165, 1.54) is 5.01 Å². The summed E-state index contributed by atoms with van der Waals surface area (Å²) in [6.07, 6.45) is 9.20. The van der Waals surface area contributed by atoms with Crippen LogP contribution in [0.2, 0.25) is 0 Å². The lowest BCUT2D eigenvalue weighted by molar-refractivity contribution is 0.249. The van der Waals surface area contributed by atoms with Crippen molar-refractivity contribution in [2.75, 3.05) is 44.4 Å². The third-order valence-corrected chi connectivity index (χ3v) is 6.14. The largest absolute Gasteiger partial charge is 0.397 e. The average Bonchev–Trinajstić information content (AvgIpc) is 2.83. The molecule has 0 amide bonds. The van der Waals surface area contributed by atoms with Crippen LogP contribution in [0.4, 0.5) is 11.6 Å². The Bertz CT molecular complexity index is 1190. The maximum absolute atomic E-state index is 6.12. The second kappa shape index (κ2) is 10.1. The van der Waals surface area contributed by atoms with Gasteiger partial charge in [0.05, 0.1) is 17.4 Å². The zero-order valence-electron chi connectivity index (χ0n) is 20.1. The first-order chi connectivity index (χ1) is 16.3. The van der Waals surface area contributed by atoms with Gasteiger partial charge in [-0.25, -0.2) is 15.8 Å². The average molecular weight is 460 g/mol. The van der Waals surface area contributed by atoms with Crippen molar-refractivity contribution in [2.45, 2.75) is 18.9 Å². The van der Waals surface area contributed by atoms with E-state index in [1.807, 2.05) is 24.4 Å². The van der Waals surface area contributed by atoms with Crippen molar-refractivity contribution < 1.29 is 0 Å². The molecule has 5 N–H and O–H groups in total. The van der Waals surface area contributed by atoms with E-state index in [4.69, 9.17) is 11.6 Å². The van der Waals surface area contributed by atoms with Gasteiger partial charge in [0.2, 0.25) is 0 Å². The van der Waals surface area contributed by atoms with Crippen molar-refractivity contribution in [3.8, 4) is 0 Å². The van der Waals surface area contributed by atoms with Gasteiger partial charge < -0.3 is 25.9 Å². The van der Waals surface area contributed by atoms with Gasteiger partial charge in [0.25, 0.3) is 0 Å². The number of hydrazine groups is 1. The first-order valence-electron chi connectivity index (χ1n) is 11.3. The third kappa shape index (κ3) is 5.44. The van der Waals surface area contributed by atoms with E-state index in [0.717, 1.165) is 59.5 Å². The van der Waals surface area contributed by atoms with Crippen LogP contribution < -0.4 is 21.8 Å². The van der Waals surface area contributed by atoms with Crippen LogP contribution in [0.1, 0.15) is 24.0 Å². The molecule has 1 saturated heterocycles. The predicted molar refractivity (Wildman–Crippen MR) is 139 cm³/mol. The van der Waals surface area contributed by atoms with Crippen LogP contribution >= 0.6 is 0 Å². The minimum Gasteiger partial charge on any atom is -0.397 e. The van der Waals surface area contributed by atoms with Crippen molar-refractivity contribution in [1.29, 1.82) is 0 Å². The van der Waals surface area contributed by atoms with Gasteiger partial charge in [-0.15, -0.1) is 0 Å². The van der Waals surface area contributed by atoms with Crippen molar-refractivity contribution >= 4 is 33.9 Å². The number of hydrogen-bond acceptors (Lipinski definition) is 9. The van der Waals surface area contributed by atoms with Crippen molar-refractivity contribution in [3.05, 3.63) is 66.8 Å². The molecule has 1 aliphatic rings. The molecule has 3 aromatic heterocycles. The standard InChI is InChI=1S/C25H33N9/c1-17(18-5-8-28-25(13-18)34-9-6-21(7-10-34)32(2)3)31-24-12-19-11-20(22(26)16-33(4)27)14-29-23(19)15-30-24/h5,8,11-16,21H,1,6-7,9-10,26-27H2,2-4H3,(H,30,31)/b22-16-.